The molecule has 274 valence electrons. The number of nitrogens with zero attached hydrogens (tertiary/aromatic N) is 2. The van der Waals surface area contributed by atoms with Gasteiger partial charge in [0.1, 0.15) is 23.2 Å². The van der Waals surface area contributed by atoms with E-state index in [1.807, 2.05) is 97.9 Å². The monoisotopic (exact) mass is 722 g/mol. The van der Waals surface area contributed by atoms with Crippen LogP contribution in [0.1, 0.15) is 63.4 Å². The van der Waals surface area contributed by atoms with Crippen molar-refractivity contribution >= 4 is 45.2 Å². The van der Waals surface area contributed by atoms with Crippen LogP contribution >= 0.6 is 0 Å². The quantitative estimate of drug-likeness (QED) is 0.0723. The zero-order chi connectivity index (χ0) is 37.8. The Labute approximate surface area is 314 Å². The summed E-state index contributed by atoms with van der Waals surface area (Å²) in [4.78, 5) is 46.2. The van der Waals surface area contributed by atoms with Gasteiger partial charge in [0.2, 0.25) is 0 Å². The number of para-hydroxylation sites is 1. The van der Waals surface area contributed by atoms with Crippen LogP contribution in [-0.4, -0.2) is 53.1 Å². The van der Waals surface area contributed by atoms with Crippen LogP contribution in [0.4, 0.5) is 5.69 Å². The molecule has 3 atom stereocenters. The second kappa shape index (κ2) is 15.8. The van der Waals surface area contributed by atoms with Crippen molar-refractivity contribution in [1.82, 2.24) is 4.90 Å². The minimum atomic E-state index is -0.899. The van der Waals surface area contributed by atoms with Gasteiger partial charge in [0.25, 0.3) is 11.8 Å². The highest BCUT2D eigenvalue weighted by atomic mass is 16.5. The van der Waals surface area contributed by atoms with Crippen LogP contribution in [0, 0.1) is 6.92 Å². The van der Waals surface area contributed by atoms with E-state index in [2.05, 4.69) is 6.58 Å². The molecule has 9 nitrogen and oxygen atoms in total. The van der Waals surface area contributed by atoms with Crippen molar-refractivity contribution in [3.63, 3.8) is 0 Å². The third kappa shape index (κ3) is 7.36. The molecule has 0 fully saturated rings. The summed E-state index contributed by atoms with van der Waals surface area (Å²) in [5.74, 6) is -0.111. The first-order chi connectivity index (χ1) is 26.2. The Morgan fingerprint density at radius 1 is 0.889 bits per heavy atom. The van der Waals surface area contributed by atoms with Crippen LogP contribution in [-0.2, 0) is 16.1 Å². The summed E-state index contributed by atoms with van der Waals surface area (Å²) >= 11 is 0. The number of aliphatic hydroxyl groups is 1. The van der Waals surface area contributed by atoms with Crippen molar-refractivity contribution in [3.05, 3.63) is 156 Å². The lowest BCUT2D eigenvalue weighted by molar-refractivity contribution is -0.147. The predicted molar refractivity (Wildman–Crippen MR) is 209 cm³/mol. The van der Waals surface area contributed by atoms with E-state index >= 15 is 9.59 Å². The normalized spacial score (nSPS) is 15.5. The van der Waals surface area contributed by atoms with Crippen LogP contribution in [0.2, 0.25) is 0 Å². The van der Waals surface area contributed by atoms with Gasteiger partial charge in [-0.15, -0.1) is 6.58 Å². The maximum absolute atomic E-state index is 15.1. The number of esters is 1. The van der Waals surface area contributed by atoms with Crippen LogP contribution in [0.5, 0.6) is 5.75 Å². The number of ether oxygens (including phenoxy) is 2. The molecule has 0 bridgehead atoms. The van der Waals surface area contributed by atoms with E-state index in [0.29, 0.717) is 45.9 Å². The van der Waals surface area contributed by atoms with Gasteiger partial charge >= 0.3 is 5.97 Å². The largest absolute Gasteiger partial charge is 0.493 e. The third-order valence-electron chi connectivity index (χ3n) is 9.78. The van der Waals surface area contributed by atoms with E-state index in [0.717, 1.165) is 21.7 Å². The molecular formula is C45H42N2O7. The minimum absolute atomic E-state index is 0.0361. The number of fused-ring (bicyclic) bond motifs is 3. The Hall–Kier alpha value is -6.19. The van der Waals surface area contributed by atoms with Gasteiger partial charge in [0.05, 0.1) is 30.9 Å². The Kier molecular flexibility index (Phi) is 10.6. The third-order valence-corrected chi connectivity index (χ3v) is 9.78. The summed E-state index contributed by atoms with van der Waals surface area (Å²) < 4.78 is 18.4. The van der Waals surface area contributed by atoms with E-state index in [1.165, 1.54) is 6.92 Å². The highest BCUT2D eigenvalue weighted by molar-refractivity contribution is 6.10. The number of amides is 2. The number of furan rings is 1. The molecule has 1 unspecified atom stereocenters. The van der Waals surface area contributed by atoms with Gasteiger partial charge in [-0.2, -0.15) is 0 Å². The van der Waals surface area contributed by atoms with E-state index < -0.39 is 24.2 Å². The molecule has 9 heteroatoms. The summed E-state index contributed by atoms with van der Waals surface area (Å²) in [6.45, 7) is 7.52. The molecule has 0 saturated carbocycles. The fourth-order valence-corrected chi connectivity index (χ4v) is 7.32. The molecule has 0 radical (unpaired) electrons. The molecule has 1 aromatic heterocycles. The highest BCUT2D eigenvalue weighted by Gasteiger charge is 2.51. The van der Waals surface area contributed by atoms with Gasteiger partial charge in [-0.3, -0.25) is 19.3 Å². The lowest BCUT2D eigenvalue weighted by Crippen LogP contribution is -2.52. The Balaban J connectivity index is 1.45. The molecule has 1 aliphatic rings. The number of rotatable bonds is 13. The smallest absolute Gasteiger partial charge is 0.302 e. The van der Waals surface area contributed by atoms with Crippen molar-refractivity contribution in [2.24, 2.45) is 0 Å². The molecule has 54 heavy (non-hydrogen) atoms. The van der Waals surface area contributed by atoms with E-state index in [4.69, 9.17) is 13.9 Å². The molecular weight excluding hydrogens is 681 g/mol. The molecule has 7 rings (SSSR count). The minimum Gasteiger partial charge on any atom is -0.493 e. The van der Waals surface area contributed by atoms with Crippen molar-refractivity contribution < 1.29 is 33.4 Å². The van der Waals surface area contributed by atoms with Gasteiger partial charge in [0.15, 0.2) is 0 Å². The SMILES string of the molecule is C=CCC(OC(C)=O)[C@@H]1[C@@H](N(Cc2cc3ccccc3o2)C(=O)c2ccc(C)cc2)c2cc(OCCCO)ccc2N1C(=O)c1ccc2ccccc2c1. The van der Waals surface area contributed by atoms with Crippen LogP contribution in [0.25, 0.3) is 21.7 Å². The first kappa shape index (κ1) is 36.2. The Bertz CT molecular complexity index is 2300. The zero-order valence-electron chi connectivity index (χ0n) is 30.3. The number of anilines is 1. The van der Waals surface area contributed by atoms with E-state index in [1.54, 1.807) is 40.1 Å². The van der Waals surface area contributed by atoms with Crippen LogP contribution < -0.4 is 9.64 Å². The van der Waals surface area contributed by atoms with Crippen LogP contribution in [0.3, 0.4) is 0 Å². The van der Waals surface area contributed by atoms with Crippen molar-refractivity contribution in [3.8, 4) is 5.75 Å². The number of aliphatic hydroxyl groups excluding tert-OH is 1. The van der Waals surface area contributed by atoms with Gasteiger partial charge in [-0.1, -0.05) is 72.3 Å². The summed E-state index contributed by atoms with van der Waals surface area (Å²) in [6, 6.07) is 33.9. The molecule has 5 aromatic carbocycles. The zero-order valence-corrected chi connectivity index (χ0v) is 30.3. The molecule has 6 aromatic rings. The predicted octanol–water partition coefficient (Wildman–Crippen LogP) is 8.58. The van der Waals surface area contributed by atoms with Crippen molar-refractivity contribution in [2.45, 2.75) is 51.4 Å². The molecule has 2 heterocycles. The highest BCUT2D eigenvalue weighted by Crippen LogP contribution is 2.48. The summed E-state index contributed by atoms with van der Waals surface area (Å²) in [6.07, 6.45) is 1.38. The fourth-order valence-electron chi connectivity index (χ4n) is 7.32. The molecule has 0 aliphatic carbocycles. The maximum atomic E-state index is 15.1. The topological polar surface area (TPSA) is 110 Å². The molecule has 0 saturated heterocycles. The Morgan fingerprint density at radius 2 is 1.61 bits per heavy atom. The van der Waals surface area contributed by atoms with Crippen molar-refractivity contribution in [1.29, 1.82) is 0 Å². The molecule has 2 amide bonds. The van der Waals surface area contributed by atoms with Gasteiger partial charge in [0, 0.05) is 48.4 Å². The average Bonchev–Trinajstić information content (AvgIpc) is 3.74. The summed E-state index contributed by atoms with van der Waals surface area (Å²) in [5, 5.41) is 12.2. The van der Waals surface area contributed by atoms with Gasteiger partial charge in [-0.25, -0.2) is 0 Å². The standard InChI is InChI=1S/C45H42N2O7/c1-4-10-41(53-30(3)49)43-42(46(44(50)32-17-15-29(2)16-18-32)28-37-26-34-13-7-8-14-40(34)54-37)38-27-36(52-24-9-23-48)21-22-39(38)47(43)45(51)35-20-19-31-11-5-6-12-33(31)25-35/h4-8,11-22,25-27,41-43,48H,1,9-10,23-24,28H2,2-3H3/t41?,42-,43+/m0/s1. The maximum Gasteiger partial charge on any atom is 0.302 e. The van der Waals surface area contributed by atoms with Gasteiger partial charge in [-0.05, 0) is 72.3 Å². The Morgan fingerprint density at radius 3 is 2.33 bits per heavy atom. The molecule has 1 N–H and O–H groups in total. The second-order valence-corrected chi connectivity index (χ2v) is 13.5. The number of carbonyl (C=O) groups excluding carboxylic acids is 3. The number of aryl methyl sites for hydroxylation is 1. The first-order valence-electron chi connectivity index (χ1n) is 18.1. The summed E-state index contributed by atoms with van der Waals surface area (Å²) in [5.41, 5.74) is 3.73. The van der Waals surface area contributed by atoms with E-state index in [9.17, 15) is 9.90 Å². The lowest BCUT2D eigenvalue weighted by Gasteiger charge is -2.39. The number of hydrogen-bond acceptors (Lipinski definition) is 7. The summed E-state index contributed by atoms with van der Waals surface area (Å²) in [7, 11) is 0. The van der Waals surface area contributed by atoms with E-state index in [-0.39, 0.29) is 38.0 Å². The van der Waals surface area contributed by atoms with Crippen molar-refractivity contribution in [2.75, 3.05) is 18.1 Å². The fraction of sp³-hybridized carbons (Fsp3) is 0.222. The second-order valence-electron chi connectivity index (χ2n) is 13.5. The lowest BCUT2D eigenvalue weighted by atomic mass is 9.93. The van der Waals surface area contributed by atoms with Gasteiger partial charge < -0.3 is 23.9 Å². The van der Waals surface area contributed by atoms with Crippen LogP contribution in [0.15, 0.2) is 132 Å². The average molecular weight is 723 g/mol. The number of benzene rings is 5. The molecule has 1 aliphatic heterocycles. The first-order valence-corrected chi connectivity index (χ1v) is 18.1. The number of carbonyl (C=O) groups is 3. The molecule has 0 spiro atoms. The number of hydrogen-bond donors (Lipinski definition) is 1.